The number of methoxy groups -OCH3 is 1. The molecule has 0 aliphatic heterocycles. The molecule has 2 aromatic rings. The zero-order chi connectivity index (χ0) is 17.4. The van der Waals surface area contributed by atoms with Gasteiger partial charge in [0.25, 0.3) is 0 Å². The van der Waals surface area contributed by atoms with Gasteiger partial charge in [0.05, 0.1) is 20.1 Å². The van der Waals surface area contributed by atoms with Crippen LogP contribution in [0.5, 0.6) is 5.75 Å². The number of benzene rings is 2. The quantitative estimate of drug-likeness (QED) is 0.817. The second kappa shape index (κ2) is 8.72. The summed E-state index contributed by atoms with van der Waals surface area (Å²) >= 11 is 0. The molecule has 24 heavy (non-hydrogen) atoms. The fourth-order valence-electron chi connectivity index (χ4n) is 2.14. The van der Waals surface area contributed by atoms with Crippen LogP contribution in [0, 0.1) is 6.92 Å². The van der Waals surface area contributed by atoms with Gasteiger partial charge in [0, 0.05) is 6.54 Å². The molecule has 0 radical (unpaired) electrons. The summed E-state index contributed by atoms with van der Waals surface area (Å²) in [6.45, 7) is 2.44. The normalized spacial score (nSPS) is 10.1. The van der Waals surface area contributed by atoms with Crippen LogP contribution in [0.2, 0.25) is 0 Å². The third kappa shape index (κ3) is 5.76. The third-order valence-corrected chi connectivity index (χ3v) is 3.58. The van der Waals surface area contributed by atoms with Crippen LogP contribution in [0.15, 0.2) is 48.5 Å². The van der Waals surface area contributed by atoms with Crippen LogP contribution < -0.4 is 15.4 Å². The lowest BCUT2D eigenvalue weighted by Crippen LogP contribution is -2.37. The highest BCUT2D eigenvalue weighted by Crippen LogP contribution is 2.11. The molecule has 0 unspecified atom stereocenters. The Balaban J connectivity index is 1.70. The number of carbonyl (C=O) groups excluding carboxylic acids is 2. The molecule has 0 aliphatic carbocycles. The molecule has 0 saturated heterocycles. The minimum atomic E-state index is -0.210. The molecule has 126 valence electrons. The average molecular weight is 326 g/mol. The number of aryl methyl sites for hydroxylation is 1. The zero-order valence-electron chi connectivity index (χ0n) is 14.0. The van der Waals surface area contributed by atoms with Crippen molar-refractivity contribution in [3.63, 3.8) is 0 Å². The molecule has 0 saturated carbocycles. The van der Waals surface area contributed by atoms with Crippen molar-refractivity contribution in [3.05, 3.63) is 65.2 Å². The number of carbonyl (C=O) groups is 2. The molecule has 2 rings (SSSR count). The number of hydrogen-bond donors (Lipinski definition) is 2. The number of ether oxygens (including phenoxy) is 1. The maximum atomic E-state index is 11.9. The van der Waals surface area contributed by atoms with E-state index in [0.717, 1.165) is 16.9 Å². The van der Waals surface area contributed by atoms with Crippen molar-refractivity contribution in [2.45, 2.75) is 19.9 Å². The van der Waals surface area contributed by atoms with Crippen LogP contribution in [0.1, 0.15) is 16.7 Å². The summed E-state index contributed by atoms with van der Waals surface area (Å²) < 4.78 is 5.07. The van der Waals surface area contributed by atoms with E-state index >= 15 is 0 Å². The molecule has 0 atom stereocenters. The highest BCUT2D eigenvalue weighted by Gasteiger charge is 2.07. The smallest absolute Gasteiger partial charge is 0.239 e. The van der Waals surface area contributed by atoms with Gasteiger partial charge in [-0.1, -0.05) is 42.0 Å². The van der Waals surface area contributed by atoms with Crippen molar-refractivity contribution in [1.82, 2.24) is 10.6 Å². The first-order chi connectivity index (χ1) is 11.6. The van der Waals surface area contributed by atoms with Crippen molar-refractivity contribution < 1.29 is 14.3 Å². The van der Waals surface area contributed by atoms with E-state index in [9.17, 15) is 9.59 Å². The van der Waals surface area contributed by atoms with E-state index in [0.29, 0.717) is 6.54 Å². The van der Waals surface area contributed by atoms with Gasteiger partial charge in [-0.25, -0.2) is 0 Å². The highest BCUT2D eigenvalue weighted by atomic mass is 16.5. The Kier molecular flexibility index (Phi) is 6.37. The number of nitrogens with one attached hydrogen (secondary N) is 2. The summed E-state index contributed by atoms with van der Waals surface area (Å²) in [5.74, 6) is 0.346. The molecule has 0 bridgehead atoms. The molecule has 2 amide bonds. The predicted molar refractivity (Wildman–Crippen MR) is 92.7 cm³/mol. The standard InChI is InChI=1S/C19H22N2O3/c1-14-3-5-16(6-4-14)12-20-19(23)13-21-18(22)11-15-7-9-17(24-2)10-8-15/h3-10H,11-13H2,1-2H3,(H,20,23)(H,21,22). The molecule has 0 aliphatic rings. The first kappa shape index (κ1) is 17.5. The molecule has 2 N–H and O–H groups in total. The van der Waals surface area contributed by atoms with Crippen molar-refractivity contribution in [2.24, 2.45) is 0 Å². The van der Waals surface area contributed by atoms with E-state index in [4.69, 9.17) is 4.74 Å². The van der Waals surface area contributed by atoms with E-state index < -0.39 is 0 Å². The van der Waals surface area contributed by atoms with Gasteiger partial charge in [0.15, 0.2) is 0 Å². The monoisotopic (exact) mass is 326 g/mol. The van der Waals surface area contributed by atoms with Crippen LogP contribution >= 0.6 is 0 Å². The minimum Gasteiger partial charge on any atom is -0.497 e. The Morgan fingerprint density at radius 3 is 2.12 bits per heavy atom. The first-order valence-electron chi connectivity index (χ1n) is 7.78. The summed E-state index contributed by atoms with van der Waals surface area (Å²) in [6, 6.07) is 15.2. The van der Waals surface area contributed by atoms with Crippen LogP contribution in [-0.2, 0) is 22.6 Å². The Morgan fingerprint density at radius 1 is 0.875 bits per heavy atom. The number of rotatable bonds is 7. The predicted octanol–water partition coefficient (Wildman–Crippen LogP) is 1.98. The van der Waals surface area contributed by atoms with Gasteiger partial charge >= 0.3 is 0 Å². The van der Waals surface area contributed by atoms with E-state index in [1.807, 2.05) is 43.3 Å². The van der Waals surface area contributed by atoms with E-state index in [2.05, 4.69) is 10.6 Å². The van der Waals surface area contributed by atoms with Crippen molar-refractivity contribution in [1.29, 1.82) is 0 Å². The summed E-state index contributed by atoms with van der Waals surface area (Å²) in [7, 11) is 1.59. The largest absolute Gasteiger partial charge is 0.497 e. The van der Waals surface area contributed by atoms with Gasteiger partial charge < -0.3 is 15.4 Å². The molecule has 0 heterocycles. The van der Waals surface area contributed by atoms with Crippen molar-refractivity contribution in [2.75, 3.05) is 13.7 Å². The summed E-state index contributed by atoms with van der Waals surface area (Å²) in [5.41, 5.74) is 3.07. The van der Waals surface area contributed by atoms with E-state index in [-0.39, 0.29) is 24.8 Å². The summed E-state index contributed by atoms with van der Waals surface area (Å²) in [6.07, 6.45) is 0.231. The van der Waals surface area contributed by atoms with Gasteiger partial charge in [-0.3, -0.25) is 9.59 Å². The lowest BCUT2D eigenvalue weighted by molar-refractivity contribution is -0.125. The van der Waals surface area contributed by atoms with E-state index in [1.165, 1.54) is 5.56 Å². The molecular weight excluding hydrogens is 304 g/mol. The lowest BCUT2D eigenvalue weighted by atomic mass is 10.1. The van der Waals surface area contributed by atoms with Gasteiger partial charge in [-0.2, -0.15) is 0 Å². The van der Waals surface area contributed by atoms with Crippen LogP contribution in [-0.4, -0.2) is 25.5 Å². The van der Waals surface area contributed by atoms with Gasteiger partial charge in [-0.15, -0.1) is 0 Å². The average Bonchev–Trinajstić information content (AvgIpc) is 2.60. The van der Waals surface area contributed by atoms with Gasteiger partial charge in [0.2, 0.25) is 11.8 Å². The highest BCUT2D eigenvalue weighted by molar-refractivity contribution is 5.85. The summed E-state index contributed by atoms with van der Waals surface area (Å²) in [4.78, 5) is 23.6. The second-order valence-electron chi connectivity index (χ2n) is 5.56. The van der Waals surface area contributed by atoms with Crippen LogP contribution in [0.4, 0.5) is 0 Å². The van der Waals surface area contributed by atoms with Crippen LogP contribution in [0.25, 0.3) is 0 Å². The zero-order valence-corrected chi connectivity index (χ0v) is 14.0. The van der Waals surface area contributed by atoms with Crippen LogP contribution in [0.3, 0.4) is 0 Å². The van der Waals surface area contributed by atoms with Gasteiger partial charge in [0.1, 0.15) is 5.75 Å². The van der Waals surface area contributed by atoms with Crippen molar-refractivity contribution >= 4 is 11.8 Å². The molecule has 0 aromatic heterocycles. The maximum Gasteiger partial charge on any atom is 0.239 e. The maximum absolute atomic E-state index is 11.9. The summed E-state index contributed by atoms with van der Waals surface area (Å²) in [5, 5.41) is 5.41. The minimum absolute atomic E-state index is 0.0269. The fourth-order valence-corrected chi connectivity index (χ4v) is 2.14. The Hall–Kier alpha value is -2.82. The SMILES string of the molecule is COc1ccc(CC(=O)NCC(=O)NCc2ccc(C)cc2)cc1. The molecule has 5 heteroatoms. The second-order valence-corrected chi connectivity index (χ2v) is 5.56. The molecule has 0 fully saturated rings. The molecule has 5 nitrogen and oxygen atoms in total. The van der Waals surface area contributed by atoms with E-state index in [1.54, 1.807) is 19.2 Å². The topological polar surface area (TPSA) is 67.4 Å². The molecule has 2 aromatic carbocycles. The molecule has 0 spiro atoms. The van der Waals surface area contributed by atoms with Gasteiger partial charge in [-0.05, 0) is 30.2 Å². The fraction of sp³-hybridized carbons (Fsp3) is 0.263. The molecular formula is C19H22N2O3. The Labute approximate surface area is 142 Å². The number of amides is 2. The van der Waals surface area contributed by atoms with Crippen molar-refractivity contribution in [3.8, 4) is 5.75 Å². The Bertz CT molecular complexity index is 679. The number of hydrogen-bond acceptors (Lipinski definition) is 3. The first-order valence-corrected chi connectivity index (χ1v) is 7.78. The Morgan fingerprint density at radius 2 is 1.50 bits per heavy atom. The lowest BCUT2D eigenvalue weighted by Gasteiger charge is -2.08. The third-order valence-electron chi connectivity index (χ3n) is 3.58.